The number of Topliss-reactive ketones (excluding diaryl/α,β-unsaturated/α-hetero) is 1. The minimum absolute atomic E-state index is 0.0000531. The number of benzene rings is 2. The molecule has 4 aromatic rings. The normalized spacial score (nSPS) is 15.5. The Balaban J connectivity index is 1.47. The van der Waals surface area contributed by atoms with Gasteiger partial charge in [-0.1, -0.05) is 47.4 Å². The van der Waals surface area contributed by atoms with Crippen LogP contribution in [0.25, 0.3) is 0 Å². The van der Waals surface area contributed by atoms with Crippen molar-refractivity contribution < 1.29 is 28.2 Å². The van der Waals surface area contributed by atoms with E-state index in [1.165, 1.54) is 41.1 Å². The number of aliphatic hydroxyl groups is 1. The molecule has 0 saturated heterocycles. The average molecular weight is 538 g/mol. The summed E-state index contributed by atoms with van der Waals surface area (Å²) in [4.78, 5) is 27.8. The standard InChI is InChI=1S/C26H20FN3O5S2/c1-2-34-18-11-7-16(8-12-18)21-20(22(31)19-4-3-13-35-19)23(32)24(33)30(21)25-28-29-26(37-25)36-14-15-5-9-17(27)10-6-15/h3-13,21,32H,2,14H2,1H3. The molecule has 0 aliphatic carbocycles. The summed E-state index contributed by atoms with van der Waals surface area (Å²) in [6.07, 6.45) is 1.35. The van der Waals surface area contributed by atoms with E-state index in [0.29, 0.717) is 28.0 Å². The van der Waals surface area contributed by atoms with Crippen molar-refractivity contribution in [3.63, 3.8) is 0 Å². The maximum Gasteiger partial charge on any atom is 0.296 e. The van der Waals surface area contributed by atoms with E-state index in [-0.39, 0.29) is 22.3 Å². The van der Waals surface area contributed by atoms with Gasteiger partial charge in [0.15, 0.2) is 15.9 Å². The SMILES string of the molecule is CCOc1ccc(C2C(C(=O)c3ccco3)=C(O)C(=O)N2c2nnc(SCc3ccc(F)cc3)s2)cc1. The Morgan fingerprint density at radius 3 is 2.59 bits per heavy atom. The third-order valence-electron chi connectivity index (χ3n) is 5.58. The first-order valence-corrected chi connectivity index (χ1v) is 13.0. The number of carbonyl (C=O) groups excluding carboxylic acids is 2. The maximum atomic E-state index is 13.3. The fourth-order valence-electron chi connectivity index (χ4n) is 3.89. The third-order valence-corrected chi connectivity index (χ3v) is 7.71. The van der Waals surface area contributed by atoms with Crippen molar-refractivity contribution in [1.29, 1.82) is 0 Å². The lowest BCUT2D eigenvalue weighted by Gasteiger charge is -2.24. The van der Waals surface area contributed by atoms with Crippen LogP contribution < -0.4 is 9.64 Å². The fourth-order valence-corrected chi connectivity index (χ4v) is 5.71. The maximum absolute atomic E-state index is 13.3. The molecular weight excluding hydrogens is 517 g/mol. The van der Waals surface area contributed by atoms with Crippen LogP contribution in [0.5, 0.6) is 5.75 Å². The van der Waals surface area contributed by atoms with Gasteiger partial charge in [0.25, 0.3) is 5.91 Å². The molecule has 0 radical (unpaired) electrons. The Morgan fingerprint density at radius 1 is 1.16 bits per heavy atom. The van der Waals surface area contributed by atoms with Gasteiger partial charge < -0.3 is 14.3 Å². The van der Waals surface area contributed by atoms with E-state index in [1.807, 2.05) is 6.92 Å². The number of furan rings is 1. The van der Waals surface area contributed by atoms with Gasteiger partial charge in [0.1, 0.15) is 11.6 Å². The van der Waals surface area contributed by atoms with Crippen molar-refractivity contribution in [1.82, 2.24) is 10.2 Å². The van der Waals surface area contributed by atoms with Gasteiger partial charge in [-0.25, -0.2) is 4.39 Å². The van der Waals surface area contributed by atoms with Gasteiger partial charge in [-0.05, 0) is 54.4 Å². The van der Waals surface area contributed by atoms with Gasteiger partial charge >= 0.3 is 0 Å². The molecule has 0 fully saturated rings. The summed E-state index contributed by atoms with van der Waals surface area (Å²) in [5, 5.41) is 19.4. The molecule has 5 rings (SSSR count). The molecule has 188 valence electrons. The van der Waals surface area contributed by atoms with E-state index in [4.69, 9.17) is 9.15 Å². The lowest BCUT2D eigenvalue weighted by atomic mass is 9.95. The highest BCUT2D eigenvalue weighted by atomic mass is 32.2. The van der Waals surface area contributed by atoms with E-state index in [2.05, 4.69) is 10.2 Å². The second kappa shape index (κ2) is 10.6. The summed E-state index contributed by atoms with van der Waals surface area (Å²) in [5.74, 6) is -1.20. The first kappa shape index (κ1) is 24.7. The van der Waals surface area contributed by atoms with Crippen LogP contribution in [0.1, 0.15) is 34.6 Å². The number of amides is 1. The second-order valence-electron chi connectivity index (χ2n) is 7.91. The minimum atomic E-state index is -0.955. The van der Waals surface area contributed by atoms with Gasteiger partial charge in [-0.3, -0.25) is 14.5 Å². The number of anilines is 1. The van der Waals surface area contributed by atoms with Crippen molar-refractivity contribution in [3.05, 3.63) is 101 Å². The van der Waals surface area contributed by atoms with E-state index in [1.54, 1.807) is 42.5 Å². The Bertz CT molecular complexity index is 1450. The number of ether oxygens (including phenoxy) is 1. The molecule has 1 unspecified atom stereocenters. The van der Waals surface area contributed by atoms with E-state index in [9.17, 15) is 19.1 Å². The van der Waals surface area contributed by atoms with Crippen LogP contribution in [0.3, 0.4) is 0 Å². The Hall–Kier alpha value is -3.96. The lowest BCUT2D eigenvalue weighted by Crippen LogP contribution is -2.31. The molecule has 1 aliphatic heterocycles. The van der Waals surface area contributed by atoms with E-state index < -0.39 is 23.5 Å². The Morgan fingerprint density at radius 2 is 1.92 bits per heavy atom. The fraction of sp³-hybridized carbons (Fsp3) is 0.154. The molecule has 11 heteroatoms. The number of carbonyl (C=O) groups is 2. The molecule has 0 saturated carbocycles. The molecule has 0 bridgehead atoms. The molecule has 37 heavy (non-hydrogen) atoms. The molecule has 1 atom stereocenters. The highest BCUT2D eigenvalue weighted by molar-refractivity contribution is 8.00. The Labute approximate surface area is 219 Å². The number of aromatic nitrogens is 2. The smallest absolute Gasteiger partial charge is 0.296 e. The number of nitrogens with zero attached hydrogens (tertiary/aromatic N) is 3. The van der Waals surface area contributed by atoms with Crippen LogP contribution in [0, 0.1) is 5.82 Å². The van der Waals surface area contributed by atoms with Gasteiger partial charge in [-0.2, -0.15) is 0 Å². The number of ketones is 1. The van der Waals surface area contributed by atoms with E-state index in [0.717, 1.165) is 16.9 Å². The predicted molar refractivity (Wildman–Crippen MR) is 136 cm³/mol. The number of hydrogen-bond acceptors (Lipinski definition) is 9. The van der Waals surface area contributed by atoms with Gasteiger partial charge in [-0.15, -0.1) is 10.2 Å². The topological polar surface area (TPSA) is 106 Å². The zero-order chi connectivity index (χ0) is 25.9. The van der Waals surface area contributed by atoms with E-state index >= 15 is 0 Å². The highest BCUT2D eigenvalue weighted by Crippen LogP contribution is 2.44. The monoisotopic (exact) mass is 537 g/mol. The predicted octanol–water partition coefficient (Wildman–Crippen LogP) is 5.74. The van der Waals surface area contributed by atoms with Crippen LogP contribution in [-0.4, -0.2) is 33.6 Å². The van der Waals surface area contributed by atoms with Crippen molar-refractivity contribution in [2.45, 2.75) is 23.1 Å². The molecule has 2 aromatic heterocycles. The summed E-state index contributed by atoms with van der Waals surface area (Å²) in [7, 11) is 0. The highest BCUT2D eigenvalue weighted by Gasteiger charge is 2.46. The van der Waals surface area contributed by atoms with Crippen LogP contribution >= 0.6 is 23.1 Å². The second-order valence-corrected chi connectivity index (χ2v) is 10.1. The number of thioether (sulfide) groups is 1. The van der Waals surface area contributed by atoms with Crippen LogP contribution in [-0.2, 0) is 10.5 Å². The summed E-state index contributed by atoms with van der Waals surface area (Å²) >= 11 is 2.53. The summed E-state index contributed by atoms with van der Waals surface area (Å²) < 4.78 is 24.5. The average Bonchev–Trinajstić information content (AvgIpc) is 3.65. The van der Waals surface area contributed by atoms with Crippen LogP contribution in [0.2, 0.25) is 0 Å². The minimum Gasteiger partial charge on any atom is -0.503 e. The number of hydrogen-bond donors (Lipinski definition) is 1. The Kier molecular flexibility index (Phi) is 7.06. The lowest BCUT2D eigenvalue weighted by molar-refractivity contribution is -0.117. The molecule has 1 aliphatic rings. The molecule has 0 spiro atoms. The van der Waals surface area contributed by atoms with Crippen LogP contribution in [0.4, 0.5) is 9.52 Å². The number of aliphatic hydroxyl groups excluding tert-OH is 1. The largest absolute Gasteiger partial charge is 0.503 e. The zero-order valence-electron chi connectivity index (χ0n) is 19.5. The number of rotatable bonds is 9. The summed E-state index contributed by atoms with van der Waals surface area (Å²) in [6.45, 7) is 2.35. The van der Waals surface area contributed by atoms with Gasteiger partial charge in [0, 0.05) is 5.75 Å². The van der Waals surface area contributed by atoms with Gasteiger partial charge in [0.2, 0.25) is 10.9 Å². The third kappa shape index (κ3) is 5.00. The molecular formula is C26H20FN3O5S2. The zero-order valence-corrected chi connectivity index (χ0v) is 21.1. The summed E-state index contributed by atoms with van der Waals surface area (Å²) in [6, 6.07) is 15.1. The molecule has 8 nitrogen and oxygen atoms in total. The first-order valence-electron chi connectivity index (χ1n) is 11.2. The molecule has 1 amide bonds. The summed E-state index contributed by atoms with van der Waals surface area (Å²) in [5.41, 5.74) is 1.37. The van der Waals surface area contributed by atoms with Crippen LogP contribution in [0.15, 0.2) is 87.0 Å². The first-order chi connectivity index (χ1) is 18.0. The molecule has 1 N–H and O–H groups in total. The van der Waals surface area contributed by atoms with Crippen molar-refractivity contribution in [2.75, 3.05) is 11.5 Å². The van der Waals surface area contributed by atoms with Gasteiger partial charge in [0.05, 0.1) is 24.5 Å². The quantitative estimate of drug-likeness (QED) is 0.164. The molecule has 2 aromatic carbocycles. The van der Waals surface area contributed by atoms with Crippen molar-refractivity contribution >= 4 is 39.9 Å². The van der Waals surface area contributed by atoms with Crippen molar-refractivity contribution in [3.8, 4) is 5.75 Å². The van der Waals surface area contributed by atoms with Crippen molar-refractivity contribution in [2.24, 2.45) is 0 Å². The molecule has 3 heterocycles. The number of halogens is 1.